The molecule has 2 amide bonds. The van der Waals surface area contributed by atoms with Crippen LogP contribution in [-0.4, -0.2) is 36.9 Å². The van der Waals surface area contributed by atoms with Crippen LogP contribution in [0.2, 0.25) is 5.02 Å². The van der Waals surface area contributed by atoms with Crippen molar-refractivity contribution in [3.63, 3.8) is 0 Å². The molecule has 0 saturated carbocycles. The fraction of sp³-hybridized carbons (Fsp3) is 0.308. The van der Waals surface area contributed by atoms with Crippen LogP contribution in [0.25, 0.3) is 0 Å². The lowest BCUT2D eigenvalue weighted by molar-refractivity contribution is -0.139. The van der Waals surface area contributed by atoms with Gasteiger partial charge in [0, 0.05) is 18.7 Å². The lowest BCUT2D eigenvalue weighted by Crippen LogP contribution is -2.37. The summed E-state index contributed by atoms with van der Waals surface area (Å²) in [7, 11) is 1.36. The van der Waals surface area contributed by atoms with E-state index in [2.05, 4.69) is 10.6 Å². The molecular formula is C13H14ClN3O4. The third-order valence-corrected chi connectivity index (χ3v) is 2.81. The molecule has 1 unspecified atom stereocenters. The van der Waals surface area contributed by atoms with E-state index in [0.717, 1.165) is 0 Å². The van der Waals surface area contributed by atoms with Crippen molar-refractivity contribution < 1.29 is 19.4 Å². The number of halogens is 1. The molecule has 0 aliphatic carbocycles. The van der Waals surface area contributed by atoms with E-state index >= 15 is 0 Å². The maximum absolute atomic E-state index is 11.7. The molecule has 1 rings (SSSR count). The molecule has 1 aromatic rings. The van der Waals surface area contributed by atoms with Crippen LogP contribution in [0.15, 0.2) is 18.2 Å². The van der Waals surface area contributed by atoms with Gasteiger partial charge in [-0.2, -0.15) is 5.26 Å². The Kier molecular flexibility index (Phi) is 6.46. The number of carbonyl (C=O) groups excluding carboxylic acids is 1. The van der Waals surface area contributed by atoms with E-state index in [1.165, 1.54) is 25.3 Å². The predicted molar refractivity (Wildman–Crippen MR) is 76.2 cm³/mol. The zero-order chi connectivity index (χ0) is 15.8. The van der Waals surface area contributed by atoms with Crippen molar-refractivity contribution in [1.82, 2.24) is 5.32 Å². The van der Waals surface area contributed by atoms with Crippen molar-refractivity contribution in [1.29, 1.82) is 5.26 Å². The minimum atomic E-state index is -1.02. The van der Waals surface area contributed by atoms with Crippen molar-refractivity contribution in [3.05, 3.63) is 28.8 Å². The second-order valence-corrected chi connectivity index (χ2v) is 4.53. The topological polar surface area (TPSA) is 111 Å². The highest BCUT2D eigenvalue weighted by Crippen LogP contribution is 2.20. The number of hydrogen-bond acceptors (Lipinski definition) is 4. The number of carbonyl (C=O) groups is 2. The molecule has 0 saturated heterocycles. The average molecular weight is 312 g/mol. The molecule has 0 heterocycles. The summed E-state index contributed by atoms with van der Waals surface area (Å²) in [5.41, 5.74) is 0.540. The molecule has 0 aliphatic rings. The Morgan fingerprint density at radius 2 is 2.24 bits per heavy atom. The van der Waals surface area contributed by atoms with E-state index < -0.39 is 18.1 Å². The van der Waals surface area contributed by atoms with Gasteiger partial charge in [-0.1, -0.05) is 11.6 Å². The Morgan fingerprint density at radius 1 is 1.52 bits per heavy atom. The van der Waals surface area contributed by atoms with Gasteiger partial charge in [0.05, 0.1) is 23.8 Å². The number of benzene rings is 1. The van der Waals surface area contributed by atoms with Crippen LogP contribution >= 0.6 is 11.6 Å². The van der Waals surface area contributed by atoms with E-state index in [0.29, 0.717) is 5.02 Å². The highest BCUT2D eigenvalue weighted by atomic mass is 35.5. The number of nitrogens with zero attached hydrogens (tertiary/aromatic N) is 1. The number of urea groups is 1. The number of nitriles is 1. The van der Waals surface area contributed by atoms with Gasteiger partial charge in [0.1, 0.15) is 6.07 Å². The number of methoxy groups -OCH3 is 1. The maximum Gasteiger partial charge on any atom is 0.319 e. The SMILES string of the molecule is COC(CNC(=O)Nc1cc(Cl)ccc1C#N)CC(=O)O. The molecule has 21 heavy (non-hydrogen) atoms. The summed E-state index contributed by atoms with van der Waals surface area (Å²) in [6.45, 7) is 0.0249. The van der Waals surface area contributed by atoms with Gasteiger partial charge in [-0.25, -0.2) is 4.79 Å². The van der Waals surface area contributed by atoms with Crippen LogP contribution in [0, 0.1) is 11.3 Å². The summed E-state index contributed by atoms with van der Waals surface area (Å²) in [5.74, 6) is -1.02. The van der Waals surface area contributed by atoms with E-state index in [1.807, 2.05) is 6.07 Å². The van der Waals surface area contributed by atoms with Gasteiger partial charge in [-0.05, 0) is 18.2 Å². The van der Waals surface area contributed by atoms with Crippen molar-refractivity contribution in [2.75, 3.05) is 19.0 Å². The number of amides is 2. The Hall–Kier alpha value is -2.30. The summed E-state index contributed by atoms with van der Waals surface area (Å²) < 4.78 is 4.93. The Morgan fingerprint density at radius 3 is 2.81 bits per heavy atom. The summed E-state index contributed by atoms with van der Waals surface area (Å²) in [4.78, 5) is 22.3. The molecule has 3 N–H and O–H groups in total. The van der Waals surface area contributed by atoms with Crippen molar-refractivity contribution >= 4 is 29.3 Å². The maximum atomic E-state index is 11.7. The fourth-order valence-electron chi connectivity index (χ4n) is 1.52. The summed E-state index contributed by atoms with van der Waals surface area (Å²) in [6.07, 6.45) is -0.861. The molecule has 0 fully saturated rings. The van der Waals surface area contributed by atoms with Crippen molar-refractivity contribution in [2.24, 2.45) is 0 Å². The summed E-state index contributed by atoms with van der Waals surface area (Å²) >= 11 is 5.80. The minimum absolute atomic E-state index is 0.0249. The van der Waals surface area contributed by atoms with Crippen LogP contribution in [0.4, 0.5) is 10.5 Å². The smallest absolute Gasteiger partial charge is 0.319 e. The highest BCUT2D eigenvalue weighted by Gasteiger charge is 2.14. The standard InChI is InChI=1S/C13H14ClN3O4/c1-21-10(5-12(18)19)7-16-13(20)17-11-4-9(14)3-2-8(11)6-15/h2-4,10H,5,7H2,1H3,(H,18,19)(H2,16,17,20). The number of rotatable bonds is 6. The third-order valence-electron chi connectivity index (χ3n) is 2.58. The molecule has 7 nitrogen and oxygen atoms in total. The summed E-state index contributed by atoms with van der Waals surface area (Å²) in [5, 5.41) is 22.9. The lowest BCUT2D eigenvalue weighted by Gasteiger charge is -2.14. The number of ether oxygens (including phenoxy) is 1. The van der Waals surface area contributed by atoms with Gasteiger partial charge < -0.3 is 20.5 Å². The average Bonchev–Trinajstić information content (AvgIpc) is 2.43. The zero-order valence-corrected chi connectivity index (χ0v) is 12.0. The molecule has 1 aromatic carbocycles. The van der Waals surface area contributed by atoms with Crippen molar-refractivity contribution in [3.8, 4) is 6.07 Å². The molecule has 1 atom stereocenters. The number of carboxylic acid groups (broad SMARTS) is 1. The first kappa shape index (κ1) is 16.8. The molecular weight excluding hydrogens is 298 g/mol. The van der Waals surface area contributed by atoms with Crippen LogP contribution < -0.4 is 10.6 Å². The highest BCUT2D eigenvalue weighted by molar-refractivity contribution is 6.31. The van der Waals surface area contributed by atoms with Crippen molar-refractivity contribution in [2.45, 2.75) is 12.5 Å². The molecule has 0 spiro atoms. The largest absolute Gasteiger partial charge is 0.481 e. The van der Waals surface area contributed by atoms with Gasteiger partial charge in [0.2, 0.25) is 0 Å². The molecule has 112 valence electrons. The zero-order valence-electron chi connectivity index (χ0n) is 11.2. The van der Waals surface area contributed by atoms with Gasteiger partial charge in [-0.3, -0.25) is 4.79 Å². The van der Waals surface area contributed by atoms with E-state index in [-0.39, 0.29) is 24.2 Å². The monoisotopic (exact) mass is 311 g/mol. The number of hydrogen-bond donors (Lipinski definition) is 3. The van der Waals surface area contributed by atoms with Gasteiger partial charge >= 0.3 is 12.0 Å². The van der Waals surface area contributed by atoms with Crippen LogP contribution in [-0.2, 0) is 9.53 Å². The van der Waals surface area contributed by atoms with Crippen LogP contribution in [0.5, 0.6) is 0 Å². The fourth-order valence-corrected chi connectivity index (χ4v) is 1.70. The normalized spacial score (nSPS) is 11.3. The molecule has 0 aromatic heterocycles. The Balaban J connectivity index is 2.60. The van der Waals surface area contributed by atoms with Gasteiger partial charge in [-0.15, -0.1) is 0 Å². The molecule has 0 bridgehead atoms. The number of aliphatic carboxylic acids is 1. The van der Waals surface area contributed by atoms with Gasteiger partial charge in [0.15, 0.2) is 0 Å². The molecule has 0 radical (unpaired) electrons. The van der Waals surface area contributed by atoms with Crippen LogP contribution in [0.3, 0.4) is 0 Å². The quantitative estimate of drug-likeness (QED) is 0.742. The van der Waals surface area contributed by atoms with E-state index in [4.69, 9.17) is 26.7 Å². The third kappa shape index (κ3) is 5.69. The predicted octanol–water partition coefficient (Wildman–Crippen LogP) is 1.82. The number of nitrogens with one attached hydrogen (secondary N) is 2. The van der Waals surface area contributed by atoms with E-state index in [1.54, 1.807) is 0 Å². The van der Waals surface area contributed by atoms with Crippen LogP contribution in [0.1, 0.15) is 12.0 Å². The second kappa shape index (κ2) is 8.09. The lowest BCUT2D eigenvalue weighted by atomic mass is 10.2. The molecule has 0 aliphatic heterocycles. The summed E-state index contributed by atoms with van der Waals surface area (Å²) in [6, 6.07) is 5.82. The number of carboxylic acids is 1. The van der Waals surface area contributed by atoms with E-state index in [9.17, 15) is 9.59 Å². The second-order valence-electron chi connectivity index (χ2n) is 4.09. The minimum Gasteiger partial charge on any atom is -0.481 e. The van der Waals surface area contributed by atoms with Gasteiger partial charge in [0.25, 0.3) is 0 Å². The first-order valence-corrected chi connectivity index (χ1v) is 6.33. The number of anilines is 1. The molecule has 8 heteroatoms. The Bertz CT molecular complexity index is 571. The first-order chi connectivity index (χ1) is 9.96. The first-order valence-electron chi connectivity index (χ1n) is 5.95. The Labute approximate surface area is 126 Å².